The number of rotatable bonds is 10. The molecule has 11 heteroatoms. The van der Waals surface area contributed by atoms with E-state index >= 15 is 0 Å². The van der Waals surface area contributed by atoms with Gasteiger partial charge in [0.15, 0.2) is 0 Å². The number of H-pyrrole nitrogens is 1. The van der Waals surface area contributed by atoms with Crippen LogP contribution in [0.2, 0.25) is 0 Å². The molecule has 0 saturated heterocycles. The Bertz CT molecular complexity index is 825. The summed E-state index contributed by atoms with van der Waals surface area (Å²) in [6.07, 6.45) is 2.21. The van der Waals surface area contributed by atoms with Crippen molar-refractivity contribution in [2.75, 3.05) is 13.1 Å². The molecule has 29 heavy (non-hydrogen) atoms. The second-order valence-electron chi connectivity index (χ2n) is 5.93. The van der Waals surface area contributed by atoms with E-state index in [1.54, 1.807) is 24.3 Å². The number of carbonyl (C=O) groups is 4. The van der Waals surface area contributed by atoms with Crippen LogP contribution < -0.4 is 16.0 Å². The van der Waals surface area contributed by atoms with Crippen LogP contribution in [-0.4, -0.2) is 58.1 Å². The summed E-state index contributed by atoms with van der Waals surface area (Å²) in [5, 5.41) is 15.5. The second-order valence-corrected chi connectivity index (χ2v) is 5.93. The smallest absolute Gasteiger partial charge is 0.408 e. The number of carboxylic acids is 1. The number of carboxylic acid groups (broad SMARTS) is 1. The molecule has 2 rings (SSSR count). The minimum absolute atomic E-state index is 0.0304. The largest absolute Gasteiger partial charge is 0.480 e. The van der Waals surface area contributed by atoms with Gasteiger partial charge in [0, 0.05) is 18.3 Å². The molecule has 154 valence electrons. The highest BCUT2D eigenvalue weighted by Crippen LogP contribution is 2.03. The zero-order valence-electron chi connectivity index (χ0n) is 15.4. The van der Waals surface area contributed by atoms with Crippen molar-refractivity contribution in [1.29, 1.82) is 0 Å². The van der Waals surface area contributed by atoms with Crippen molar-refractivity contribution in [2.24, 2.45) is 0 Å². The molecule has 0 aliphatic carbocycles. The number of aromatic nitrogens is 2. The van der Waals surface area contributed by atoms with E-state index in [-0.39, 0.29) is 13.0 Å². The van der Waals surface area contributed by atoms with Gasteiger partial charge in [0.2, 0.25) is 11.8 Å². The van der Waals surface area contributed by atoms with Crippen LogP contribution in [0.15, 0.2) is 42.9 Å². The van der Waals surface area contributed by atoms with Gasteiger partial charge < -0.3 is 30.8 Å². The molecule has 1 aromatic heterocycles. The van der Waals surface area contributed by atoms with Crippen molar-refractivity contribution in [3.8, 4) is 0 Å². The van der Waals surface area contributed by atoms with Gasteiger partial charge in [-0.3, -0.25) is 14.4 Å². The molecule has 0 bridgehead atoms. The first-order valence-electron chi connectivity index (χ1n) is 8.64. The van der Waals surface area contributed by atoms with E-state index in [9.17, 15) is 19.2 Å². The van der Waals surface area contributed by atoms with Crippen molar-refractivity contribution in [3.05, 3.63) is 54.1 Å². The average Bonchev–Trinajstić information content (AvgIpc) is 3.22. The summed E-state index contributed by atoms with van der Waals surface area (Å²) in [7, 11) is 0. The number of imidazole rings is 1. The second kappa shape index (κ2) is 11.1. The Balaban J connectivity index is 1.89. The van der Waals surface area contributed by atoms with E-state index in [4.69, 9.17) is 9.84 Å². The van der Waals surface area contributed by atoms with Crippen LogP contribution in [0.1, 0.15) is 11.3 Å². The predicted octanol–water partition coefficient (Wildman–Crippen LogP) is -0.436. The predicted molar refractivity (Wildman–Crippen MR) is 99.5 cm³/mol. The van der Waals surface area contributed by atoms with Crippen molar-refractivity contribution in [1.82, 2.24) is 25.9 Å². The van der Waals surface area contributed by atoms with E-state index < -0.39 is 43.0 Å². The number of aromatic amines is 1. The molecule has 1 atom stereocenters. The normalized spacial score (nSPS) is 11.2. The SMILES string of the molecule is O=C(O)CNC(=O)CNC(=O)[C@@H](Cc1cnc[nH]1)NC(=O)OCc1ccccc1. The lowest BCUT2D eigenvalue weighted by atomic mass is 10.1. The Hall–Kier alpha value is -3.89. The third-order valence-electron chi connectivity index (χ3n) is 3.66. The molecule has 2 aromatic rings. The highest BCUT2D eigenvalue weighted by Gasteiger charge is 2.23. The summed E-state index contributed by atoms with van der Waals surface area (Å²) in [5.41, 5.74) is 1.37. The Morgan fingerprint density at radius 2 is 1.86 bits per heavy atom. The van der Waals surface area contributed by atoms with E-state index in [1.807, 2.05) is 6.07 Å². The van der Waals surface area contributed by atoms with Crippen LogP contribution in [0.3, 0.4) is 0 Å². The van der Waals surface area contributed by atoms with Crippen molar-refractivity contribution in [3.63, 3.8) is 0 Å². The van der Waals surface area contributed by atoms with E-state index in [2.05, 4.69) is 25.9 Å². The molecule has 3 amide bonds. The Morgan fingerprint density at radius 3 is 2.52 bits per heavy atom. The van der Waals surface area contributed by atoms with Gasteiger partial charge in [0.05, 0.1) is 12.9 Å². The molecule has 0 saturated carbocycles. The van der Waals surface area contributed by atoms with Gasteiger partial charge in [-0.15, -0.1) is 0 Å². The van der Waals surface area contributed by atoms with Crippen molar-refractivity contribution in [2.45, 2.75) is 19.1 Å². The quantitative estimate of drug-likeness (QED) is 0.359. The first-order chi connectivity index (χ1) is 13.9. The van der Waals surface area contributed by atoms with Crippen LogP contribution in [0.5, 0.6) is 0 Å². The van der Waals surface area contributed by atoms with Gasteiger partial charge in [-0.2, -0.15) is 0 Å². The van der Waals surface area contributed by atoms with Gasteiger partial charge in [0.1, 0.15) is 19.2 Å². The highest BCUT2D eigenvalue weighted by atomic mass is 16.5. The number of nitrogens with one attached hydrogen (secondary N) is 4. The summed E-state index contributed by atoms with van der Waals surface area (Å²) < 4.78 is 5.12. The van der Waals surface area contributed by atoms with Gasteiger partial charge in [-0.25, -0.2) is 9.78 Å². The van der Waals surface area contributed by atoms with Crippen LogP contribution in [0, 0.1) is 0 Å². The first kappa shape index (κ1) is 21.4. The molecule has 11 nitrogen and oxygen atoms in total. The average molecular weight is 403 g/mol. The van der Waals surface area contributed by atoms with E-state index in [1.165, 1.54) is 12.5 Å². The number of hydrogen-bond donors (Lipinski definition) is 5. The van der Waals surface area contributed by atoms with E-state index in [0.29, 0.717) is 5.69 Å². The lowest BCUT2D eigenvalue weighted by Crippen LogP contribution is -2.50. The molecule has 1 heterocycles. The molecule has 1 aromatic carbocycles. The third-order valence-corrected chi connectivity index (χ3v) is 3.66. The maximum Gasteiger partial charge on any atom is 0.408 e. The summed E-state index contributed by atoms with van der Waals surface area (Å²) >= 11 is 0. The zero-order valence-corrected chi connectivity index (χ0v) is 15.4. The molecule has 0 unspecified atom stereocenters. The lowest BCUT2D eigenvalue weighted by Gasteiger charge is -2.17. The topological polar surface area (TPSA) is 163 Å². The monoisotopic (exact) mass is 403 g/mol. The van der Waals surface area contributed by atoms with Crippen LogP contribution in [-0.2, 0) is 32.1 Å². The van der Waals surface area contributed by atoms with Gasteiger partial charge in [0.25, 0.3) is 0 Å². The fourth-order valence-corrected chi connectivity index (χ4v) is 2.26. The summed E-state index contributed by atoms with van der Waals surface area (Å²) in [4.78, 5) is 53.2. The van der Waals surface area contributed by atoms with Crippen molar-refractivity contribution < 1.29 is 29.0 Å². The summed E-state index contributed by atoms with van der Waals surface area (Å²) in [6, 6.07) is 7.99. The number of alkyl carbamates (subject to hydrolysis) is 1. The molecule has 0 aliphatic rings. The fourth-order valence-electron chi connectivity index (χ4n) is 2.26. The minimum atomic E-state index is -1.20. The molecular formula is C18H21N5O6. The van der Waals surface area contributed by atoms with Crippen LogP contribution in [0.25, 0.3) is 0 Å². The Morgan fingerprint density at radius 1 is 1.10 bits per heavy atom. The Labute approximate surface area is 165 Å². The number of hydrogen-bond acceptors (Lipinski definition) is 6. The number of benzene rings is 1. The van der Waals surface area contributed by atoms with Crippen LogP contribution >= 0.6 is 0 Å². The van der Waals surface area contributed by atoms with Crippen LogP contribution in [0.4, 0.5) is 4.79 Å². The molecule has 0 radical (unpaired) electrons. The first-order valence-corrected chi connectivity index (χ1v) is 8.64. The zero-order chi connectivity index (χ0) is 21.1. The van der Waals surface area contributed by atoms with Gasteiger partial charge >= 0.3 is 12.1 Å². The number of ether oxygens (including phenoxy) is 1. The fraction of sp³-hybridized carbons (Fsp3) is 0.278. The summed E-state index contributed by atoms with van der Waals surface area (Å²) in [5.74, 6) is -2.51. The number of amides is 3. The maximum absolute atomic E-state index is 12.4. The maximum atomic E-state index is 12.4. The Kier molecular flexibility index (Phi) is 8.17. The molecule has 0 fully saturated rings. The molecular weight excluding hydrogens is 382 g/mol. The standard InChI is InChI=1S/C18H21N5O6/c24-15(20-9-16(25)26)8-21-17(27)14(6-13-7-19-11-22-13)23-18(28)29-10-12-4-2-1-3-5-12/h1-5,7,11,14H,6,8-10H2,(H,19,22)(H,20,24)(H,21,27)(H,23,28)(H,25,26)/t14-/m1/s1. The number of nitrogens with zero attached hydrogens (tertiary/aromatic N) is 1. The minimum Gasteiger partial charge on any atom is -0.480 e. The number of carbonyl (C=O) groups excluding carboxylic acids is 3. The molecule has 0 aliphatic heterocycles. The van der Waals surface area contributed by atoms with Gasteiger partial charge in [-0.1, -0.05) is 30.3 Å². The van der Waals surface area contributed by atoms with Gasteiger partial charge in [-0.05, 0) is 5.56 Å². The number of aliphatic carboxylic acids is 1. The third kappa shape index (κ3) is 8.12. The molecule has 5 N–H and O–H groups in total. The molecule has 0 spiro atoms. The lowest BCUT2D eigenvalue weighted by molar-refractivity contribution is -0.137. The van der Waals surface area contributed by atoms with Crippen molar-refractivity contribution >= 4 is 23.9 Å². The van der Waals surface area contributed by atoms with E-state index in [0.717, 1.165) is 5.56 Å². The highest BCUT2D eigenvalue weighted by molar-refractivity contribution is 5.90. The summed E-state index contributed by atoms with van der Waals surface area (Å²) in [6.45, 7) is -0.967.